The van der Waals surface area contributed by atoms with Crippen molar-refractivity contribution < 1.29 is 4.74 Å². The van der Waals surface area contributed by atoms with Gasteiger partial charge >= 0.3 is 0 Å². The highest BCUT2D eigenvalue weighted by Crippen LogP contribution is 2.40. The summed E-state index contributed by atoms with van der Waals surface area (Å²) >= 11 is 0. The van der Waals surface area contributed by atoms with Crippen LogP contribution in [-0.2, 0) is 0 Å². The molecule has 0 saturated heterocycles. The van der Waals surface area contributed by atoms with Crippen molar-refractivity contribution in [2.75, 3.05) is 6.54 Å². The lowest BCUT2D eigenvalue weighted by molar-refractivity contribution is -0.0131. The fraction of sp³-hybridized carbons (Fsp3) is 0.625. The van der Waals surface area contributed by atoms with Gasteiger partial charge in [-0.05, 0) is 62.3 Å². The van der Waals surface area contributed by atoms with E-state index in [1.807, 2.05) is 0 Å². The van der Waals surface area contributed by atoms with Crippen LogP contribution in [0.1, 0.15) is 56.6 Å². The van der Waals surface area contributed by atoms with Gasteiger partial charge in [-0.3, -0.25) is 0 Å². The topological polar surface area (TPSA) is 35.2 Å². The van der Waals surface area contributed by atoms with E-state index in [0.717, 1.165) is 25.0 Å². The molecule has 2 nitrogen and oxygen atoms in total. The molecule has 1 aromatic rings. The summed E-state index contributed by atoms with van der Waals surface area (Å²) in [6, 6.07) is 6.57. The highest BCUT2D eigenvalue weighted by atomic mass is 16.5. The van der Waals surface area contributed by atoms with E-state index in [9.17, 15) is 0 Å². The summed E-state index contributed by atoms with van der Waals surface area (Å²) in [5, 5.41) is 0. The summed E-state index contributed by atoms with van der Waals surface area (Å²) in [5.41, 5.74) is 8.31. The molecule has 1 aromatic carbocycles. The minimum Gasteiger partial charge on any atom is -0.487 e. The molecule has 2 N–H and O–H groups in total. The first-order valence-corrected chi connectivity index (χ1v) is 7.06. The number of hydrogen-bond acceptors (Lipinski definition) is 2. The third-order valence-corrected chi connectivity index (χ3v) is 4.07. The van der Waals surface area contributed by atoms with E-state index in [2.05, 4.69) is 39.0 Å². The molecule has 1 aliphatic carbocycles. The number of ether oxygens (including phenoxy) is 1. The van der Waals surface area contributed by atoms with E-state index in [1.165, 1.54) is 17.5 Å². The van der Waals surface area contributed by atoms with Crippen LogP contribution in [0.15, 0.2) is 18.2 Å². The Morgan fingerprint density at radius 2 is 2.06 bits per heavy atom. The predicted molar refractivity (Wildman–Crippen MR) is 76.1 cm³/mol. The number of aryl methyl sites for hydroxylation is 1. The first kappa shape index (κ1) is 13.4. The van der Waals surface area contributed by atoms with E-state index in [4.69, 9.17) is 10.5 Å². The van der Waals surface area contributed by atoms with Crippen LogP contribution < -0.4 is 10.5 Å². The fourth-order valence-electron chi connectivity index (χ4n) is 2.56. The molecule has 1 saturated carbocycles. The van der Waals surface area contributed by atoms with Gasteiger partial charge in [0.1, 0.15) is 11.4 Å². The molecular weight excluding hydrogens is 222 g/mol. The van der Waals surface area contributed by atoms with Crippen molar-refractivity contribution in [1.82, 2.24) is 0 Å². The molecular formula is C16H25NO. The van der Waals surface area contributed by atoms with Crippen molar-refractivity contribution in [3.05, 3.63) is 29.3 Å². The molecule has 0 unspecified atom stereocenters. The summed E-state index contributed by atoms with van der Waals surface area (Å²) in [6.07, 6.45) is 4.53. The summed E-state index contributed by atoms with van der Waals surface area (Å²) in [4.78, 5) is 0. The first-order valence-electron chi connectivity index (χ1n) is 7.06. The van der Waals surface area contributed by atoms with Gasteiger partial charge in [0.05, 0.1) is 0 Å². The molecule has 0 amide bonds. The second-order valence-corrected chi connectivity index (χ2v) is 5.86. The second-order valence-electron chi connectivity index (χ2n) is 5.86. The highest BCUT2D eigenvalue weighted by molar-refractivity contribution is 5.38. The SMILES string of the molecule is Cc1ccc(C(C)C)cc1OC1(CCN)CCC1. The molecule has 0 aliphatic heterocycles. The molecule has 0 heterocycles. The zero-order valence-electron chi connectivity index (χ0n) is 11.8. The molecule has 1 aliphatic rings. The molecule has 18 heavy (non-hydrogen) atoms. The molecule has 100 valence electrons. The maximum absolute atomic E-state index is 6.32. The van der Waals surface area contributed by atoms with Crippen molar-refractivity contribution >= 4 is 0 Å². The Morgan fingerprint density at radius 1 is 1.33 bits per heavy atom. The lowest BCUT2D eigenvalue weighted by atomic mass is 9.77. The van der Waals surface area contributed by atoms with Gasteiger partial charge in [0.2, 0.25) is 0 Å². The minimum atomic E-state index is 0.0229. The minimum absolute atomic E-state index is 0.0229. The zero-order valence-corrected chi connectivity index (χ0v) is 11.8. The summed E-state index contributed by atoms with van der Waals surface area (Å²) < 4.78 is 6.32. The lowest BCUT2D eigenvalue weighted by Gasteiger charge is -2.42. The lowest BCUT2D eigenvalue weighted by Crippen LogP contribution is -2.44. The number of benzene rings is 1. The average molecular weight is 247 g/mol. The Bertz CT molecular complexity index is 408. The van der Waals surface area contributed by atoms with Gasteiger partial charge in [-0.25, -0.2) is 0 Å². The molecule has 0 atom stereocenters. The highest BCUT2D eigenvalue weighted by Gasteiger charge is 2.38. The Hall–Kier alpha value is -1.02. The van der Waals surface area contributed by atoms with E-state index < -0.39 is 0 Å². The Balaban J connectivity index is 2.19. The maximum Gasteiger partial charge on any atom is 0.123 e. The largest absolute Gasteiger partial charge is 0.487 e. The predicted octanol–water partition coefficient (Wildman–Crippen LogP) is 3.77. The Labute approximate surface area is 111 Å². The average Bonchev–Trinajstić information content (AvgIpc) is 2.28. The van der Waals surface area contributed by atoms with Crippen LogP contribution in [0.2, 0.25) is 0 Å². The third-order valence-electron chi connectivity index (χ3n) is 4.07. The fourth-order valence-corrected chi connectivity index (χ4v) is 2.56. The van der Waals surface area contributed by atoms with E-state index in [1.54, 1.807) is 0 Å². The van der Waals surface area contributed by atoms with Crippen LogP contribution in [-0.4, -0.2) is 12.1 Å². The first-order chi connectivity index (χ1) is 8.56. The van der Waals surface area contributed by atoms with E-state index >= 15 is 0 Å². The summed E-state index contributed by atoms with van der Waals surface area (Å²) in [7, 11) is 0. The van der Waals surface area contributed by atoms with Crippen molar-refractivity contribution in [3.63, 3.8) is 0 Å². The van der Waals surface area contributed by atoms with Crippen LogP contribution in [0, 0.1) is 6.92 Å². The van der Waals surface area contributed by atoms with Gasteiger partial charge in [-0.1, -0.05) is 26.0 Å². The standard InChI is InChI=1S/C16H25NO/c1-12(2)14-6-5-13(3)15(11-14)18-16(9-10-17)7-4-8-16/h5-6,11-12H,4,7-10,17H2,1-3H3. The van der Waals surface area contributed by atoms with Crippen LogP contribution in [0.4, 0.5) is 0 Å². The Kier molecular flexibility index (Phi) is 3.96. The molecule has 2 rings (SSSR count). The molecule has 0 spiro atoms. The second kappa shape index (κ2) is 5.31. The third kappa shape index (κ3) is 2.69. The molecule has 0 aromatic heterocycles. The van der Waals surface area contributed by atoms with Gasteiger partial charge in [0.15, 0.2) is 0 Å². The van der Waals surface area contributed by atoms with Gasteiger partial charge in [-0.2, -0.15) is 0 Å². The van der Waals surface area contributed by atoms with Crippen LogP contribution >= 0.6 is 0 Å². The normalized spacial score (nSPS) is 17.6. The van der Waals surface area contributed by atoms with E-state index in [-0.39, 0.29) is 5.60 Å². The van der Waals surface area contributed by atoms with Gasteiger partial charge in [0.25, 0.3) is 0 Å². The smallest absolute Gasteiger partial charge is 0.123 e. The van der Waals surface area contributed by atoms with Gasteiger partial charge in [0, 0.05) is 0 Å². The van der Waals surface area contributed by atoms with Crippen molar-refractivity contribution in [1.29, 1.82) is 0 Å². The molecule has 1 fully saturated rings. The number of nitrogens with two attached hydrogens (primary N) is 1. The number of rotatable bonds is 5. The maximum atomic E-state index is 6.32. The quantitative estimate of drug-likeness (QED) is 0.859. The molecule has 0 radical (unpaired) electrons. The van der Waals surface area contributed by atoms with E-state index in [0.29, 0.717) is 12.5 Å². The van der Waals surface area contributed by atoms with Crippen LogP contribution in [0.5, 0.6) is 5.75 Å². The van der Waals surface area contributed by atoms with Crippen molar-refractivity contribution in [2.45, 2.75) is 58.0 Å². The Morgan fingerprint density at radius 3 is 2.56 bits per heavy atom. The zero-order chi connectivity index (χ0) is 13.2. The summed E-state index contributed by atoms with van der Waals surface area (Å²) in [6.45, 7) is 7.26. The summed E-state index contributed by atoms with van der Waals surface area (Å²) in [5.74, 6) is 1.59. The van der Waals surface area contributed by atoms with Crippen molar-refractivity contribution in [2.24, 2.45) is 5.73 Å². The van der Waals surface area contributed by atoms with Gasteiger partial charge < -0.3 is 10.5 Å². The van der Waals surface area contributed by atoms with Gasteiger partial charge in [-0.15, -0.1) is 0 Å². The van der Waals surface area contributed by atoms with Crippen LogP contribution in [0.3, 0.4) is 0 Å². The monoisotopic (exact) mass is 247 g/mol. The van der Waals surface area contributed by atoms with Crippen LogP contribution in [0.25, 0.3) is 0 Å². The molecule has 2 heteroatoms. The molecule has 0 bridgehead atoms. The van der Waals surface area contributed by atoms with Crippen molar-refractivity contribution in [3.8, 4) is 5.75 Å². The number of hydrogen-bond donors (Lipinski definition) is 1.